The highest BCUT2D eigenvalue weighted by molar-refractivity contribution is 5.26. The van der Waals surface area contributed by atoms with Crippen LogP contribution in [0.25, 0.3) is 0 Å². The van der Waals surface area contributed by atoms with Gasteiger partial charge in [0.05, 0.1) is 0 Å². The van der Waals surface area contributed by atoms with E-state index >= 15 is 0 Å². The second-order valence-corrected chi connectivity index (χ2v) is 3.93. The zero-order chi connectivity index (χ0) is 11.1. The maximum absolute atomic E-state index is 9.17. The highest BCUT2D eigenvalue weighted by atomic mass is 16.3. The van der Waals surface area contributed by atoms with Crippen molar-refractivity contribution in [2.24, 2.45) is 0 Å². The lowest BCUT2D eigenvalue weighted by Gasteiger charge is -2.16. The lowest BCUT2D eigenvalue weighted by molar-refractivity contribution is 0.473. The van der Waals surface area contributed by atoms with Crippen molar-refractivity contribution in [2.75, 3.05) is 6.54 Å². The number of hydrogen-bond acceptors (Lipinski definition) is 2. The number of benzene rings is 1. The number of nitrogens with one attached hydrogen (secondary N) is 1. The van der Waals surface area contributed by atoms with Crippen LogP contribution in [-0.4, -0.2) is 17.7 Å². The molecule has 0 radical (unpaired) electrons. The molecule has 1 atom stereocenters. The Balaban J connectivity index is 2.47. The van der Waals surface area contributed by atoms with E-state index in [1.165, 1.54) is 12.0 Å². The van der Waals surface area contributed by atoms with E-state index in [2.05, 4.69) is 19.2 Å². The van der Waals surface area contributed by atoms with Crippen LogP contribution in [0.3, 0.4) is 0 Å². The van der Waals surface area contributed by atoms with Crippen molar-refractivity contribution in [3.8, 4) is 5.75 Å². The van der Waals surface area contributed by atoms with Crippen LogP contribution in [0.4, 0.5) is 0 Å². The molecule has 0 fully saturated rings. The van der Waals surface area contributed by atoms with Gasteiger partial charge in [-0.15, -0.1) is 0 Å². The van der Waals surface area contributed by atoms with E-state index in [9.17, 15) is 5.11 Å². The summed E-state index contributed by atoms with van der Waals surface area (Å²) in [5, 5.41) is 12.7. The number of phenols is 1. The Morgan fingerprint density at radius 3 is 2.40 bits per heavy atom. The molecule has 0 heterocycles. The summed E-state index contributed by atoms with van der Waals surface area (Å²) in [5.74, 6) is 0.341. The molecule has 1 unspecified atom stereocenters. The first-order valence-electron chi connectivity index (χ1n) is 5.77. The molecule has 0 bridgehead atoms. The Bertz CT molecular complexity index is 268. The molecule has 0 aliphatic carbocycles. The van der Waals surface area contributed by atoms with Crippen LogP contribution in [0.1, 0.15) is 32.3 Å². The molecule has 2 heteroatoms. The van der Waals surface area contributed by atoms with Crippen molar-refractivity contribution < 1.29 is 5.11 Å². The van der Waals surface area contributed by atoms with E-state index < -0.39 is 0 Å². The standard InChI is InChI=1S/C13H21NO/c1-3-9-14-12(4-2)10-11-5-7-13(15)8-6-11/h5-8,12,14-15H,3-4,9-10H2,1-2H3. The molecule has 1 aromatic carbocycles. The molecule has 1 aromatic rings. The summed E-state index contributed by atoms with van der Waals surface area (Å²) in [6.07, 6.45) is 3.35. The van der Waals surface area contributed by atoms with E-state index in [0.717, 1.165) is 19.4 Å². The Hall–Kier alpha value is -1.02. The first kappa shape index (κ1) is 12.1. The predicted molar refractivity (Wildman–Crippen MR) is 64.2 cm³/mol. The topological polar surface area (TPSA) is 32.3 Å². The summed E-state index contributed by atoms with van der Waals surface area (Å²) >= 11 is 0. The van der Waals surface area contributed by atoms with Crippen molar-refractivity contribution in [1.82, 2.24) is 5.32 Å². The molecule has 0 aliphatic heterocycles. The Morgan fingerprint density at radius 1 is 1.20 bits per heavy atom. The lowest BCUT2D eigenvalue weighted by atomic mass is 10.0. The molecule has 15 heavy (non-hydrogen) atoms. The second kappa shape index (κ2) is 6.46. The third kappa shape index (κ3) is 4.34. The van der Waals surface area contributed by atoms with Gasteiger partial charge in [0.2, 0.25) is 0 Å². The van der Waals surface area contributed by atoms with Gasteiger partial charge in [-0.25, -0.2) is 0 Å². The van der Waals surface area contributed by atoms with Gasteiger partial charge in [-0.3, -0.25) is 0 Å². The average molecular weight is 207 g/mol. The number of rotatable bonds is 6. The summed E-state index contributed by atoms with van der Waals surface area (Å²) in [7, 11) is 0. The smallest absolute Gasteiger partial charge is 0.115 e. The first-order chi connectivity index (χ1) is 7.26. The van der Waals surface area contributed by atoms with Gasteiger partial charge in [0.25, 0.3) is 0 Å². The van der Waals surface area contributed by atoms with Gasteiger partial charge in [0.1, 0.15) is 5.75 Å². The van der Waals surface area contributed by atoms with Gasteiger partial charge in [-0.2, -0.15) is 0 Å². The zero-order valence-corrected chi connectivity index (χ0v) is 9.66. The molecule has 0 amide bonds. The normalized spacial score (nSPS) is 12.7. The molecule has 2 nitrogen and oxygen atoms in total. The fraction of sp³-hybridized carbons (Fsp3) is 0.538. The molecule has 2 N–H and O–H groups in total. The van der Waals surface area contributed by atoms with Gasteiger partial charge < -0.3 is 10.4 Å². The highest BCUT2D eigenvalue weighted by Gasteiger charge is 2.05. The SMILES string of the molecule is CCCNC(CC)Cc1ccc(O)cc1. The van der Waals surface area contributed by atoms with Gasteiger partial charge >= 0.3 is 0 Å². The number of aromatic hydroxyl groups is 1. The van der Waals surface area contributed by atoms with Gasteiger partial charge in [0.15, 0.2) is 0 Å². The minimum Gasteiger partial charge on any atom is -0.508 e. The van der Waals surface area contributed by atoms with Crippen molar-refractivity contribution >= 4 is 0 Å². The monoisotopic (exact) mass is 207 g/mol. The second-order valence-electron chi connectivity index (χ2n) is 3.93. The fourth-order valence-corrected chi connectivity index (χ4v) is 1.63. The minimum atomic E-state index is 0.341. The molecular formula is C13H21NO. The van der Waals surface area contributed by atoms with Crippen LogP contribution >= 0.6 is 0 Å². The number of phenolic OH excluding ortho intramolecular Hbond substituents is 1. The zero-order valence-electron chi connectivity index (χ0n) is 9.66. The van der Waals surface area contributed by atoms with E-state index in [1.54, 1.807) is 12.1 Å². The van der Waals surface area contributed by atoms with Crippen LogP contribution < -0.4 is 5.32 Å². The Labute approximate surface area is 92.3 Å². The minimum absolute atomic E-state index is 0.341. The predicted octanol–water partition coefficient (Wildman–Crippen LogP) is 2.71. The molecule has 0 saturated carbocycles. The van der Waals surface area contributed by atoms with Gasteiger partial charge in [-0.1, -0.05) is 26.0 Å². The first-order valence-corrected chi connectivity index (χ1v) is 5.77. The quantitative estimate of drug-likeness (QED) is 0.751. The summed E-state index contributed by atoms with van der Waals surface area (Å²) in [5.41, 5.74) is 1.28. The van der Waals surface area contributed by atoms with Crippen LogP contribution in [-0.2, 0) is 6.42 Å². The summed E-state index contributed by atoms with van der Waals surface area (Å²) < 4.78 is 0. The molecule has 0 aromatic heterocycles. The van der Waals surface area contributed by atoms with E-state index in [4.69, 9.17) is 0 Å². The van der Waals surface area contributed by atoms with Crippen molar-refractivity contribution in [2.45, 2.75) is 39.2 Å². The molecule has 0 saturated heterocycles. The third-order valence-corrected chi connectivity index (χ3v) is 2.59. The van der Waals surface area contributed by atoms with E-state index in [0.29, 0.717) is 11.8 Å². The lowest BCUT2D eigenvalue weighted by Crippen LogP contribution is -2.31. The largest absolute Gasteiger partial charge is 0.508 e. The molecule has 1 rings (SSSR count). The number of hydrogen-bond donors (Lipinski definition) is 2. The maximum Gasteiger partial charge on any atom is 0.115 e. The summed E-state index contributed by atoms with van der Waals surface area (Å²) in [6, 6.07) is 8.04. The fourth-order valence-electron chi connectivity index (χ4n) is 1.63. The van der Waals surface area contributed by atoms with Crippen molar-refractivity contribution in [3.63, 3.8) is 0 Å². The van der Waals surface area contributed by atoms with E-state index in [1.807, 2.05) is 12.1 Å². The van der Waals surface area contributed by atoms with Gasteiger partial charge in [0, 0.05) is 6.04 Å². The van der Waals surface area contributed by atoms with Crippen molar-refractivity contribution in [1.29, 1.82) is 0 Å². The summed E-state index contributed by atoms with van der Waals surface area (Å²) in [6.45, 7) is 5.46. The highest BCUT2D eigenvalue weighted by Crippen LogP contribution is 2.12. The third-order valence-electron chi connectivity index (χ3n) is 2.59. The Morgan fingerprint density at radius 2 is 1.87 bits per heavy atom. The molecule has 0 spiro atoms. The average Bonchev–Trinajstić information content (AvgIpc) is 2.27. The van der Waals surface area contributed by atoms with Crippen molar-refractivity contribution in [3.05, 3.63) is 29.8 Å². The van der Waals surface area contributed by atoms with E-state index in [-0.39, 0.29) is 0 Å². The van der Waals surface area contributed by atoms with Crippen LogP contribution in [0, 0.1) is 0 Å². The summed E-state index contributed by atoms with van der Waals surface area (Å²) in [4.78, 5) is 0. The molecular weight excluding hydrogens is 186 g/mol. The maximum atomic E-state index is 9.17. The van der Waals surface area contributed by atoms with Crippen LogP contribution in [0.2, 0.25) is 0 Å². The van der Waals surface area contributed by atoms with Crippen LogP contribution in [0.5, 0.6) is 5.75 Å². The molecule has 0 aliphatic rings. The van der Waals surface area contributed by atoms with Gasteiger partial charge in [-0.05, 0) is 43.5 Å². The Kier molecular flexibility index (Phi) is 5.19. The molecule has 84 valence electrons. The van der Waals surface area contributed by atoms with Crippen LogP contribution in [0.15, 0.2) is 24.3 Å².